The number of rotatable bonds is 5. The number of piperidine rings is 1. The zero-order valence-corrected chi connectivity index (χ0v) is 14.4. The molecule has 0 bridgehead atoms. The number of hydrogen-bond donors (Lipinski definition) is 1. The molecule has 2 aromatic heterocycles. The van der Waals surface area contributed by atoms with Crippen molar-refractivity contribution in [2.45, 2.75) is 31.9 Å². The summed E-state index contributed by atoms with van der Waals surface area (Å²) in [6.45, 7) is 1.87. The van der Waals surface area contributed by atoms with Gasteiger partial charge in [0.15, 0.2) is 0 Å². The van der Waals surface area contributed by atoms with E-state index in [1.54, 1.807) is 23.3 Å². The molecule has 24 heavy (non-hydrogen) atoms. The fourth-order valence-corrected chi connectivity index (χ4v) is 3.32. The van der Waals surface area contributed by atoms with E-state index in [9.17, 15) is 9.90 Å². The number of imidazole rings is 1. The summed E-state index contributed by atoms with van der Waals surface area (Å²) in [4.78, 5) is 18.4. The van der Waals surface area contributed by atoms with Gasteiger partial charge < -0.3 is 14.6 Å². The lowest BCUT2D eigenvalue weighted by atomic mass is 9.90. The highest BCUT2D eigenvalue weighted by molar-refractivity contribution is 6.30. The van der Waals surface area contributed by atoms with Gasteiger partial charge in [-0.25, -0.2) is 4.98 Å². The van der Waals surface area contributed by atoms with E-state index in [1.165, 1.54) is 0 Å². The first-order valence-electron chi connectivity index (χ1n) is 8.15. The fraction of sp³-hybridized carbons (Fsp3) is 0.562. The molecule has 130 valence electrons. The minimum atomic E-state index is -0.575. The third-order valence-electron chi connectivity index (χ3n) is 4.62. The summed E-state index contributed by atoms with van der Waals surface area (Å²) >= 11 is 5.81. The molecule has 0 radical (unpaired) electrons. The van der Waals surface area contributed by atoms with Gasteiger partial charge in [0, 0.05) is 51.7 Å². The fourth-order valence-electron chi connectivity index (χ4n) is 3.17. The monoisotopic (exact) mass is 351 g/mol. The van der Waals surface area contributed by atoms with Crippen LogP contribution in [0.15, 0.2) is 24.8 Å². The minimum absolute atomic E-state index is 0.117. The maximum Gasteiger partial charge on any atom is 0.224 e. The van der Waals surface area contributed by atoms with Gasteiger partial charge in [0.2, 0.25) is 5.91 Å². The van der Waals surface area contributed by atoms with E-state index in [4.69, 9.17) is 11.6 Å². The number of amides is 1. The van der Waals surface area contributed by atoms with Crippen molar-refractivity contribution in [3.05, 3.63) is 35.6 Å². The molecule has 1 aliphatic rings. The van der Waals surface area contributed by atoms with Gasteiger partial charge >= 0.3 is 0 Å². The van der Waals surface area contributed by atoms with Gasteiger partial charge in [-0.3, -0.25) is 9.48 Å². The quantitative estimate of drug-likeness (QED) is 0.888. The van der Waals surface area contributed by atoms with Crippen LogP contribution >= 0.6 is 11.6 Å². The Morgan fingerprint density at radius 2 is 2.21 bits per heavy atom. The lowest BCUT2D eigenvalue weighted by Crippen LogP contribution is -2.40. The molecular formula is C16H22ClN5O2. The zero-order chi connectivity index (χ0) is 17.1. The van der Waals surface area contributed by atoms with Gasteiger partial charge in [0.25, 0.3) is 0 Å². The van der Waals surface area contributed by atoms with Crippen LogP contribution in [0.3, 0.4) is 0 Å². The summed E-state index contributed by atoms with van der Waals surface area (Å²) in [5.74, 6) is 0.946. The number of aromatic nitrogens is 4. The van der Waals surface area contributed by atoms with Crippen LogP contribution in [-0.4, -0.2) is 48.3 Å². The van der Waals surface area contributed by atoms with E-state index >= 15 is 0 Å². The molecule has 2 aromatic rings. The normalized spacial score (nSPS) is 17.2. The van der Waals surface area contributed by atoms with Crippen molar-refractivity contribution < 1.29 is 9.90 Å². The summed E-state index contributed by atoms with van der Waals surface area (Å²) < 4.78 is 3.52. The molecule has 8 heteroatoms. The second-order valence-electron chi connectivity index (χ2n) is 6.23. The van der Waals surface area contributed by atoms with E-state index in [0.29, 0.717) is 36.9 Å². The van der Waals surface area contributed by atoms with Crippen molar-refractivity contribution in [2.24, 2.45) is 13.0 Å². The Morgan fingerprint density at radius 1 is 1.46 bits per heavy atom. The molecule has 0 aromatic carbocycles. The van der Waals surface area contributed by atoms with Crippen LogP contribution in [0.1, 0.15) is 31.2 Å². The highest BCUT2D eigenvalue weighted by Crippen LogP contribution is 2.29. The summed E-state index contributed by atoms with van der Waals surface area (Å²) in [5, 5.41) is 15.1. The van der Waals surface area contributed by atoms with E-state index in [-0.39, 0.29) is 11.8 Å². The number of likely N-dealkylation sites (tertiary alicyclic amines) is 1. The Labute approximate surface area is 145 Å². The third-order valence-corrected chi connectivity index (χ3v) is 4.81. The van der Waals surface area contributed by atoms with Crippen LogP contribution in [0.4, 0.5) is 0 Å². The molecule has 7 nitrogen and oxygen atoms in total. The Kier molecular flexibility index (Phi) is 5.20. The smallest absolute Gasteiger partial charge is 0.224 e. The van der Waals surface area contributed by atoms with Crippen LogP contribution in [0.2, 0.25) is 5.02 Å². The minimum Gasteiger partial charge on any atom is -0.385 e. The van der Waals surface area contributed by atoms with Gasteiger partial charge in [-0.15, -0.1) is 0 Å². The van der Waals surface area contributed by atoms with Crippen molar-refractivity contribution in [2.75, 3.05) is 13.1 Å². The van der Waals surface area contributed by atoms with Crippen LogP contribution in [0, 0.1) is 5.92 Å². The molecule has 1 amide bonds. The first-order valence-corrected chi connectivity index (χ1v) is 8.53. The topological polar surface area (TPSA) is 76.2 Å². The largest absolute Gasteiger partial charge is 0.385 e. The molecule has 0 saturated carbocycles. The Morgan fingerprint density at radius 3 is 2.79 bits per heavy atom. The maximum atomic E-state index is 12.3. The standard InChI is InChI=1S/C16H22ClN5O2/c1-20-9-5-18-16(20)15(24)12-2-6-21(7-3-12)14(23)4-8-22-11-13(17)10-19-22/h5,9-12,15,24H,2-4,6-8H2,1H3/t15-/m1/s1. The van der Waals surface area contributed by atoms with Gasteiger partial charge in [-0.05, 0) is 18.8 Å². The average molecular weight is 352 g/mol. The molecule has 1 N–H and O–H groups in total. The predicted molar refractivity (Wildman–Crippen MR) is 89.3 cm³/mol. The summed E-state index contributed by atoms with van der Waals surface area (Å²) in [6.07, 6.45) is 8.21. The molecule has 1 fully saturated rings. The van der Waals surface area contributed by atoms with Crippen LogP contribution in [-0.2, 0) is 18.4 Å². The number of aliphatic hydroxyl groups is 1. The second kappa shape index (κ2) is 7.36. The molecule has 3 rings (SSSR count). The summed E-state index contributed by atoms with van der Waals surface area (Å²) in [5.41, 5.74) is 0. The summed E-state index contributed by atoms with van der Waals surface area (Å²) in [6, 6.07) is 0. The lowest BCUT2D eigenvalue weighted by molar-refractivity contribution is -0.133. The highest BCUT2D eigenvalue weighted by atomic mass is 35.5. The number of nitrogens with zero attached hydrogens (tertiary/aromatic N) is 5. The lowest BCUT2D eigenvalue weighted by Gasteiger charge is -2.34. The first kappa shape index (κ1) is 17.0. The molecule has 1 aliphatic heterocycles. The zero-order valence-electron chi connectivity index (χ0n) is 13.7. The molecule has 0 spiro atoms. The van der Waals surface area contributed by atoms with E-state index in [2.05, 4.69) is 10.1 Å². The van der Waals surface area contributed by atoms with Crippen molar-refractivity contribution in [3.63, 3.8) is 0 Å². The van der Waals surface area contributed by atoms with Crippen molar-refractivity contribution >= 4 is 17.5 Å². The van der Waals surface area contributed by atoms with Gasteiger partial charge in [-0.1, -0.05) is 11.6 Å². The number of halogens is 1. The number of carbonyl (C=O) groups excluding carboxylic acids is 1. The Balaban J connectivity index is 1.47. The van der Waals surface area contributed by atoms with Gasteiger partial charge in [0.05, 0.1) is 11.2 Å². The number of hydrogen-bond acceptors (Lipinski definition) is 4. The number of aliphatic hydroxyl groups excluding tert-OH is 1. The Bertz CT molecular complexity index is 690. The molecular weight excluding hydrogens is 330 g/mol. The SMILES string of the molecule is Cn1ccnc1[C@H](O)C1CCN(C(=O)CCn2cc(Cl)cn2)CC1. The van der Waals surface area contributed by atoms with Crippen molar-refractivity contribution in [1.82, 2.24) is 24.2 Å². The number of aryl methyl sites for hydroxylation is 2. The van der Waals surface area contributed by atoms with E-state index in [1.807, 2.05) is 22.7 Å². The Hall–Kier alpha value is -1.86. The van der Waals surface area contributed by atoms with Crippen molar-refractivity contribution in [3.8, 4) is 0 Å². The third kappa shape index (κ3) is 3.79. The molecule has 1 atom stereocenters. The van der Waals surface area contributed by atoms with Crippen LogP contribution in [0.5, 0.6) is 0 Å². The van der Waals surface area contributed by atoms with Crippen LogP contribution in [0.25, 0.3) is 0 Å². The van der Waals surface area contributed by atoms with E-state index < -0.39 is 6.10 Å². The average Bonchev–Trinajstić information content (AvgIpc) is 3.20. The maximum absolute atomic E-state index is 12.3. The number of carbonyl (C=O) groups is 1. The van der Waals surface area contributed by atoms with Gasteiger partial charge in [-0.2, -0.15) is 5.10 Å². The van der Waals surface area contributed by atoms with Crippen molar-refractivity contribution in [1.29, 1.82) is 0 Å². The molecule has 0 unspecified atom stereocenters. The molecule has 1 saturated heterocycles. The first-order chi connectivity index (χ1) is 11.5. The summed E-state index contributed by atoms with van der Waals surface area (Å²) in [7, 11) is 1.88. The highest BCUT2D eigenvalue weighted by Gasteiger charge is 2.29. The van der Waals surface area contributed by atoms with E-state index in [0.717, 1.165) is 12.8 Å². The van der Waals surface area contributed by atoms with Gasteiger partial charge in [0.1, 0.15) is 11.9 Å². The molecule has 0 aliphatic carbocycles. The second-order valence-corrected chi connectivity index (χ2v) is 6.67. The van der Waals surface area contributed by atoms with Crippen LogP contribution < -0.4 is 0 Å². The predicted octanol–water partition coefficient (Wildman–Crippen LogP) is 1.63. The molecule has 3 heterocycles.